The van der Waals surface area contributed by atoms with Crippen molar-refractivity contribution in [1.82, 2.24) is 14.4 Å². The second-order valence-electron chi connectivity index (χ2n) is 8.40. The van der Waals surface area contributed by atoms with Gasteiger partial charge < -0.3 is 14.4 Å². The third-order valence-corrected chi connectivity index (χ3v) is 6.29. The van der Waals surface area contributed by atoms with Gasteiger partial charge in [-0.15, -0.1) is 0 Å². The number of hydrogen-bond acceptors (Lipinski definition) is 2. The zero-order valence-electron chi connectivity index (χ0n) is 16.4. The molecule has 0 unspecified atom stereocenters. The summed E-state index contributed by atoms with van der Waals surface area (Å²) in [6, 6.07) is 6.76. The number of benzene rings is 1. The maximum absolute atomic E-state index is 12.7. The summed E-state index contributed by atoms with van der Waals surface area (Å²) in [5.41, 5.74) is 5.53. The van der Waals surface area contributed by atoms with E-state index in [1.165, 1.54) is 27.7 Å². The fourth-order valence-corrected chi connectivity index (χ4v) is 4.58. The Bertz CT molecular complexity index is 814. The van der Waals surface area contributed by atoms with Gasteiger partial charge in [0, 0.05) is 62.2 Å². The topological polar surface area (TPSA) is 28.5 Å². The fraction of sp³-hybridized carbons (Fsp3) is 0.591. The van der Waals surface area contributed by atoms with Gasteiger partial charge in [-0.3, -0.25) is 4.79 Å². The molecule has 0 radical (unpaired) electrons. The zero-order chi connectivity index (χ0) is 18.3. The molecule has 1 fully saturated rings. The third kappa shape index (κ3) is 3.27. The molecule has 1 aromatic heterocycles. The number of hydrogen-bond donors (Lipinski definition) is 0. The number of aromatic nitrogens is 1. The van der Waals surface area contributed by atoms with Crippen LogP contribution in [0.25, 0.3) is 10.9 Å². The number of rotatable bonds is 3. The van der Waals surface area contributed by atoms with Crippen LogP contribution < -0.4 is 0 Å². The molecule has 26 heavy (non-hydrogen) atoms. The van der Waals surface area contributed by atoms with Crippen LogP contribution in [0.2, 0.25) is 0 Å². The highest BCUT2D eigenvalue weighted by Gasteiger charge is 2.24. The Morgan fingerprint density at radius 3 is 2.73 bits per heavy atom. The van der Waals surface area contributed by atoms with E-state index in [-0.39, 0.29) is 0 Å². The number of likely N-dealkylation sites (N-methyl/N-ethyl adjacent to an activating group) is 1. The molecular formula is C22H31N3O. The van der Waals surface area contributed by atoms with E-state index < -0.39 is 0 Å². The summed E-state index contributed by atoms with van der Waals surface area (Å²) in [5.74, 6) is 1.09. The second-order valence-corrected chi connectivity index (χ2v) is 8.40. The van der Waals surface area contributed by atoms with E-state index in [1.807, 2.05) is 0 Å². The summed E-state index contributed by atoms with van der Waals surface area (Å²) in [5, 5.41) is 1.38. The average molecular weight is 354 g/mol. The number of amides is 1. The van der Waals surface area contributed by atoms with Gasteiger partial charge in [0.25, 0.3) is 0 Å². The summed E-state index contributed by atoms with van der Waals surface area (Å²) >= 11 is 0. The number of likely N-dealkylation sites (tertiary alicyclic amines) is 1. The first-order valence-electron chi connectivity index (χ1n) is 10.1. The van der Waals surface area contributed by atoms with Gasteiger partial charge in [-0.1, -0.05) is 18.6 Å². The van der Waals surface area contributed by atoms with Crippen molar-refractivity contribution in [3.63, 3.8) is 0 Å². The molecule has 0 bridgehead atoms. The van der Waals surface area contributed by atoms with Crippen molar-refractivity contribution < 1.29 is 4.79 Å². The van der Waals surface area contributed by atoms with Crippen molar-refractivity contribution in [2.75, 3.05) is 26.7 Å². The van der Waals surface area contributed by atoms with E-state index in [0.717, 1.165) is 57.9 Å². The summed E-state index contributed by atoms with van der Waals surface area (Å²) in [7, 11) is 2.20. The number of fused-ring (bicyclic) bond motifs is 3. The highest BCUT2D eigenvalue weighted by Crippen LogP contribution is 2.31. The Morgan fingerprint density at radius 1 is 1.19 bits per heavy atom. The van der Waals surface area contributed by atoms with Gasteiger partial charge in [0.15, 0.2) is 0 Å². The van der Waals surface area contributed by atoms with Gasteiger partial charge in [-0.25, -0.2) is 0 Å². The number of nitrogens with zero attached hydrogens (tertiary/aromatic N) is 3. The van der Waals surface area contributed by atoms with Crippen LogP contribution in [0.3, 0.4) is 0 Å². The van der Waals surface area contributed by atoms with Gasteiger partial charge in [0.2, 0.25) is 5.91 Å². The van der Waals surface area contributed by atoms with Gasteiger partial charge in [0.05, 0.1) is 0 Å². The molecule has 3 heterocycles. The Labute approximate surface area is 156 Å². The van der Waals surface area contributed by atoms with Crippen molar-refractivity contribution in [1.29, 1.82) is 0 Å². The number of piperidine rings is 1. The summed E-state index contributed by atoms with van der Waals surface area (Å²) in [6.07, 6.45) is 4.00. The quantitative estimate of drug-likeness (QED) is 0.844. The van der Waals surface area contributed by atoms with Crippen LogP contribution in [-0.4, -0.2) is 47.0 Å². The molecular weight excluding hydrogens is 322 g/mol. The number of carbonyl (C=O) groups excluding carboxylic acids is 1. The monoisotopic (exact) mass is 353 g/mol. The van der Waals surface area contributed by atoms with Gasteiger partial charge >= 0.3 is 0 Å². The lowest BCUT2D eigenvalue weighted by atomic mass is 9.99. The minimum atomic E-state index is 0.326. The van der Waals surface area contributed by atoms with E-state index in [1.54, 1.807) is 0 Å². The van der Waals surface area contributed by atoms with Crippen LogP contribution in [-0.2, 0) is 24.3 Å². The van der Waals surface area contributed by atoms with Gasteiger partial charge in [-0.2, -0.15) is 0 Å². The van der Waals surface area contributed by atoms with Gasteiger partial charge in [-0.05, 0) is 50.4 Å². The predicted octanol–water partition coefficient (Wildman–Crippen LogP) is 3.59. The molecule has 2 aliphatic rings. The fourth-order valence-electron chi connectivity index (χ4n) is 4.58. The highest BCUT2D eigenvalue weighted by atomic mass is 16.2. The Hall–Kier alpha value is -1.81. The van der Waals surface area contributed by atoms with Crippen LogP contribution in [0.5, 0.6) is 0 Å². The van der Waals surface area contributed by atoms with Crippen LogP contribution >= 0.6 is 0 Å². The Balaban J connectivity index is 1.57. The molecule has 4 nitrogen and oxygen atoms in total. The lowest BCUT2D eigenvalue weighted by Crippen LogP contribution is -2.38. The Kier molecular flexibility index (Phi) is 4.78. The SMILES string of the molecule is Cc1ccc2c(c1)c1c(n2CCC(=O)N2CCC(C)CC2)CCN(C)C1. The van der Waals surface area contributed by atoms with E-state index in [4.69, 9.17) is 0 Å². The van der Waals surface area contributed by atoms with Crippen molar-refractivity contribution in [2.45, 2.75) is 52.6 Å². The first-order valence-corrected chi connectivity index (χ1v) is 10.1. The lowest BCUT2D eigenvalue weighted by molar-refractivity contribution is -0.132. The second kappa shape index (κ2) is 7.07. The van der Waals surface area contributed by atoms with E-state index >= 15 is 0 Å². The van der Waals surface area contributed by atoms with Crippen molar-refractivity contribution >= 4 is 16.8 Å². The maximum atomic E-state index is 12.7. The molecule has 4 rings (SSSR count). The van der Waals surface area contributed by atoms with Crippen molar-refractivity contribution in [2.24, 2.45) is 5.92 Å². The largest absolute Gasteiger partial charge is 0.344 e. The molecule has 0 spiro atoms. The first kappa shape index (κ1) is 17.6. The molecule has 2 aromatic rings. The number of carbonyl (C=O) groups is 1. The number of aryl methyl sites for hydroxylation is 2. The average Bonchev–Trinajstić information content (AvgIpc) is 2.92. The smallest absolute Gasteiger partial charge is 0.224 e. The zero-order valence-corrected chi connectivity index (χ0v) is 16.4. The molecule has 0 atom stereocenters. The van der Waals surface area contributed by atoms with E-state index in [9.17, 15) is 4.79 Å². The molecule has 1 aromatic carbocycles. The molecule has 1 saturated heterocycles. The minimum Gasteiger partial charge on any atom is -0.344 e. The summed E-state index contributed by atoms with van der Waals surface area (Å²) in [6.45, 7) is 9.25. The summed E-state index contributed by atoms with van der Waals surface area (Å²) in [4.78, 5) is 17.2. The predicted molar refractivity (Wildman–Crippen MR) is 106 cm³/mol. The molecule has 4 heteroatoms. The molecule has 1 amide bonds. The van der Waals surface area contributed by atoms with E-state index in [2.05, 4.69) is 53.5 Å². The van der Waals surface area contributed by atoms with Gasteiger partial charge in [0.1, 0.15) is 0 Å². The molecule has 0 aliphatic carbocycles. The van der Waals surface area contributed by atoms with Crippen molar-refractivity contribution in [3.8, 4) is 0 Å². The van der Waals surface area contributed by atoms with Crippen LogP contribution in [0.1, 0.15) is 43.0 Å². The third-order valence-electron chi connectivity index (χ3n) is 6.29. The standard InChI is InChI=1S/C22H31N3O/c1-16-6-11-24(12-7-16)22(26)9-13-25-20-5-4-17(2)14-18(20)19-15-23(3)10-8-21(19)25/h4-5,14,16H,6-13,15H2,1-3H3. The van der Waals surface area contributed by atoms with Crippen LogP contribution in [0, 0.1) is 12.8 Å². The maximum Gasteiger partial charge on any atom is 0.224 e. The van der Waals surface area contributed by atoms with Crippen LogP contribution in [0.15, 0.2) is 18.2 Å². The molecule has 0 saturated carbocycles. The van der Waals surface area contributed by atoms with E-state index in [0.29, 0.717) is 12.3 Å². The highest BCUT2D eigenvalue weighted by molar-refractivity contribution is 5.87. The molecule has 2 aliphatic heterocycles. The van der Waals surface area contributed by atoms with Crippen LogP contribution in [0.4, 0.5) is 0 Å². The minimum absolute atomic E-state index is 0.326. The van der Waals surface area contributed by atoms with Crippen molar-refractivity contribution in [3.05, 3.63) is 35.0 Å². The Morgan fingerprint density at radius 2 is 1.96 bits per heavy atom. The lowest BCUT2D eigenvalue weighted by Gasteiger charge is -2.30. The normalized spacial score (nSPS) is 19.1. The first-order chi connectivity index (χ1) is 12.5. The molecule has 140 valence electrons. The summed E-state index contributed by atoms with van der Waals surface area (Å²) < 4.78 is 2.43. The molecule has 0 N–H and O–H groups in total.